The smallest absolute Gasteiger partial charge is 0.142 e. The number of hydrogen-bond acceptors (Lipinski definition) is 4. The van der Waals surface area contributed by atoms with Crippen LogP contribution >= 0.6 is 0 Å². The standard InChI is InChI=1S/C15H25N3O/c1-13(19-15-6-4-3-5-14(15)16)7-8-18-11-9-17(2)10-12-18/h3-6,13H,7-12,16H2,1-2H3. The maximum atomic E-state index is 5.90. The molecule has 0 spiro atoms. The van der Waals surface area contributed by atoms with E-state index >= 15 is 0 Å². The molecule has 1 aliphatic rings. The summed E-state index contributed by atoms with van der Waals surface area (Å²) in [5.41, 5.74) is 6.60. The molecule has 106 valence electrons. The molecule has 1 fully saturated rings. The molecule has 4 nitrogen and oxygen atoms in total. The summed E-state index contributed by atoms with van der Waals surface area (Å²) in [6.45, 7) is 7.87. The monoisotopic (exact) mass is 263 g/mol. The van der Waals surface area contributed by atoms with Crippen LogP contribution in [0.2, 0.25) is 0 Å². The summed E-state index contributed by atoms with van der Waals surface area (Å²) >= 11 is 0. The molecule has 1 atom stereocenters. The minimum atomic E-state index is 0.198. The third-order valence-corrected chi connectivity index (χ3v) is 3.69. The van der Waals surface area contributed by atoms with Crippen molar-refractivity contribution in [1.82, 2.24) is 9.80 Å². The second kappa shape index (κ2) is 6.78. The van der Waals surface area contributed by atoms with Crippen molar-refractivity contribution in [3.8, 4) is 5.75 Å². The van der Waals surface area contributed by atoms with Crippen LogP contribution in [0, 0.1) is 0 Å². The lowest BCUT2D eigenvalue weighted by molar-refractivity contribution is 0.129. The van der Waals surface area contributed by atoms with Gasteiger partial charge in [-0.25, -0.2) is 0 Å². The summed E-state index contributed by atoms with van der Waals surface area (Å²) in [7, 11) is 2.18. The van der Waals surface area contributed by atoms with Crippen LogP contribution in [-0.2, 0) is 0 Å². The highest BCUT2D eigenvalue weighted by atomic mass is 16.5. The van der Waals surface area contributed by atoms with Crippen LogP contribution in [-0.4, -0.2) is 55.7 Å². The van der Waals surface area contributed by atoms with E-state index in [1.165, 1.54) is 13.1 Å². The van der Waals surface area contributed by atoms with Gasteiger partial charge in [-0.1, -0.05) is 12.1 Å². The first-order valence-corrected chi connectivity index (χ1v) is 7.07. The minimum Gasteiger partial charge on any atom is -0.489 e. The van der Waals surface area contributed by atoms with E-state index in [2.05, 4.69) is 23.8 Å². The van der Waals surface area contributed by atoms with Crippen molar-refractivity contribution in [2.24, 2.45) is 0 Å². The van der Waals surface area contributed by atoms with Crippen LogP contribution in [0.5, 0.6) is 5.75 Å². The van der Waals surface area contributed by atoms with E-state index in [0.717, 1.165) is 31.8 Å². The summed E-state index contributed by atoms with van der Waals surface area (Å²) in [6.07, 6.45) is 1.24. The number of nitrogen functional groups attached to an aromatic ring is 1. The van der Waals surface area contributed by atoms with Gasteiger partial charge in [-0.2, -0.15) is 0 Å². The first kappa shape index (κ1) is 14.2. The minimum absolute atomic E-state index is 0.198. The van der Waals surface area contributed by atoms with E-state index in [-0.39, 0.29) is 6.10 Å². The molecule has 0 saturated carbocycles. The predicted molar refractivity (Wildman–Crippen MR) is 79.5 cm³/mol. The van der Waals surface area contributed by atoms with Gasteiger partial charge in [0.15, 0.2) is 0 Å². The topological polar surface area (TPSA) is 41.7 Å². The number of ether oxygens (including phenoxy) is 1. The molecule has 1 heterocycles. The maximum Gasteiger partial charge on any atom is 0.142 e. The molecule has 1 saturated heterocycles. The number of hydrogen-bond donors (Lipinski definition) is 1. The normalized spacial score (nSPS) is 19.3. The molecule has 2 N–H and O–H groups in total. The molecule has 1 aromatic rings. The lowest BCUT2D eigenvalue weighted by atomic mass is 10.2. The van der Waals surface area contributed by atoms with E-state index in [4.69, 9.17) is 10.5 Å². The maximum absolute atomic E-state index is 5.90. The Morgan fingerprint density at radius 3 is 2.58 bits per heavy atom. The Kier molecular flexibility index (Phi) is 5.05. The number of piperazine rings is 1. The van der Waals surface area contributed by atoms with Gasteiger partial charge in [0.25, 0.3) is 0 Å². The van der Waals surface area contributed by atoms with E-state index in [1.807, 2.05) is 24.3 Å². The first-order valence-electron chi connectivity index (χ1n) is 7.07. The Balaban J connectivity index is 1.73. The number of benzene rings is 1. The van der Waals surface area contributed by atoms with E-state index in [9.17, 15) is 0 Å². The quantitative estimate of drug-likeness (QED) is 0.821. The Bertz CT molecular complexity index is 389. The van der Waals surface area contributed by atoms with Crippen molar-refractivity contribution in [2.75, 3.05) is 45.5 Å². The zero-order chi connectivity index (χ0) is 13.7. The summed E-state index contributed by atoms with van der Waals surface area (Å²) in [6, 6.07) is 7.69. The number of anilines is 1. The Labute approximate surface area is 116 Å². The van der Waals surface area contributed by atoms with Crippen molar-refractivity contribution in [3.63, 3.8) is 0 Å². The fourth-order valence-corrected chi connectivity index (χ4v) is 2.30. The molecule has 0 radical (unpaired) electrons. The SMILES string of the molecule is CC(CCN1CCN(C)CC1)Oc1ccccc1N. The summed E-state index contributed by atoms with van der Waals surface area (Å²) in [5.74, 6) is 0.799. The molecule has 19 heavy (non-hydrogen) atoms. The number of rotatable bonds is 5. The van der Waals surface area contributed by atoms with Crippen molar-refractivity contribution >= 4 is 5.69 Å². The third-order valence-electron chi connectivity index (χ3n) is 3.69. The molecule has 0 amide bonds. The van der Waals surface area contributed by atoms with Gasteiger partial charge in [0.2, 0.25) is 0 Å². The summed E-state index contributed by atoms with van der Waals surface area (Å²) < 4.78 is 5.90. The average molecular weight is 263 g/mol. The van der Waals surface area contributed by atoms with Crippen LogP contribution in [0.1, 0.15) is 13.3 Å². The van der Waals surface area contributed by atoms with Crippen molar-refractivity contribution in [3.05, 3.63) is 24.3 Å². The largest absolute Gasteiger partial charge is 0.489 e. The second-order valence-electron chi connectivity index (χ2n) is 5.40. The van der Waals surface area contributed by atoms with Gasteiger partial charge in [0.05, 0.1) is 11.8 Å². The molecule has 1 aliphatic heterocycles. The van der Waals surface area contributed by atoms with Crippen LogP contribution in [0.4, 0.5) is 5.69 Å². The molecule has 0 aliphatic carbocycles. The number of likely N-dealkylation sites (N-methyl/N-ethyl adjacent to an activating group) is 1. The van der Waals surface area contributed by atoms with Gasteiger partial charge in [0.1, 0.15) is 5.75 Å². The van der Waals surface area contributed by atoms with Crippen LogP contribution < -0.4 is 10.5 Å². The molecule has 2 rings (SSSR count). The highest BCUT2D eigenvalue weighted by Crippen LogP contribution is 2.21. The fourth-order valence-electron chi connectivity index (χ4n) is 2.30. The van der Waals surface area contributed by atoms with Gasteiger partial charge in [-0.3, -0.25) is 0 Å². The molecule has 4 heteroatoms. The predicted octanol–water partition coefficient (Wildman–Crippen LogP) is 1.67. The van der Waals surface area contributed by atoms with Gasteiger partial charge in [0, 0.05) is 32.7 Å². The molecule has 1 aromatic carbocycles. The van der Waals surface area contributed by atoms with Gasteiger partial charge >= 0.3 is 0 Å². The second-order valence-corrected chi connectivity index (χ2v) is 5.40. The average Bonchev–Trinajstić information content (AvgIpc) is 2.41. The van der Waals surface area contributed by atoms with Crippen molar-refractivity contribution in [2.45, 2.75) is 19.4 Å². The number of nitrogens with zero attached hydrogens (tertiary/aromatic N) is 2. The number of nitrogens with two attached hydrogens (primary N) is 1. The third kappa shape index (κ3) is 4.40. The van der Waals surface area contributed by atoms with Crippen molar-refractivity contribution < 1.29 is 4.74 Å². The zero-order valence-corrected chi connectivity index (χ0v) is 12.0. The molecule has 0 bridgehead atoms. The van der Waals surface area contributed by atoms with E-state index in [0.29, 0.717) is 5.69 Å². The van der Waals surface area contributed by atoms with Crippen LogP contribution in [0.15, 0.2) is 24.3 Å². The molecule has 0 aromatic heterocycles. The van der Waals surface area contributed by atoms with Crippen LogP contribution in [0.3, 0.4) is 0 Å². The highest BCUT2D eigenvalue weighted by Gasteiger charge is 2.15. The lowest BCUT2D eigenvalue weighted by Gasteiger charge is -2.32. The summed E-state index contributed by atoms with van der Waals surface area (Å²) in [4.78, 5) is 4.88. The lowest BCUT2D eigenvalue weighted by Crippen LogP contribution is -2.45. The first-order chi connectivity index (χ1) is 9.15. The Hall–Kier alpha value is -1.26. The fraction of sp³-hybridized carbons (Fsp3) is 0.600. The Morgan fingerprint density at radius 1 is 1.21 bits per heavy atom. The van der Waals surface area contributed by atoms with Gasteiger partial charge in [-0.15, -0.1) is 0 Å². The highest BCUT2D eigenvalue weighted by molar-refractivity contribution is 5.51. The summed E-state index contributed by atoms with van der Waals surface area (Å²) in [5, 5.41) is 0. The number of para-hydroxylation sites is 2. The molecule has 1 unspecified atom stereocenters. The van der Waals surface area contributed by atoms with E-state index in [1.54, 1.807) is 0 Å². The molecular weight excluding hydrogens is 238 g/mol. The Morgan fingerprint density at radius 2 is 1.89 bits per heavy atom. The van der Waals surface area contributed by atoms with Gasteiger partial charge < -0.3 is 20.3 Å². The zero-order valence-electron chi connectivity index (χ0n) is 12.0. The molecular formula is C15H25N3O. The van der Waals surface area contributed by atoms with Crippen molar-refractivity contribution in [1.29, 1.82) is 0 Å². The van der Waals surface area contributed by atoms with E-state index < -0.39 is 0 Å². The van der Waals surface area contributed by atoms with Gasteiger partial charge in [-0.05, 0) is 32.5 Å². The van der Waals surface area contributed by atoms with Crippen LogP contribution in [0.25, 0.3) is 0 Å².